The molecule has 0 aliphatic carbocycles. The lowest BCUT2D eigenvalue weighted by Gasteiger charge is -2.45. The van der Waals surface area contributed by atoms with E-state index in [1.54, 1.807) is 6.33 Å². The van der Waals surface area contributed by atoms with Crippen LogP contribution in [0.4, 0.5) is 0 Å². The van der Waals surface area contributed by atoms with E-state index < -0.39 is 0 Å². The Kier molecular flexibility index (Phi) is 4.06. The molecule has 1 unspecified atom stereocenters. The van der Waals surface area contributed by atoms with Crippen LogP contribution in [0.3, 0.4) is 0 Å². The number of para-hydroxylation sites is 1. The second kappa shape index (κ2) is 5.98. The molecular weight excluding hydrogens is 262 g/mol. The summed E-state index contributed by atoms with van der Waals surface area (Å²) in [5.41, 5.74) is 0.911. The van der Waals surface area contributed by atoms with Gasteiger partial charge in [0.15, 0.2) is 0 Å². The van der Waals surface area contributed by atoms with Crippen molar-refractivity contribution in [2.24, 2.45) is 5.92 Å². The SMILES string of the molecule is CC.O=c1c2ccccc2ncn1C1CN2CCC1CC2. The zero-order chi connectivity index (χ0) is 14.8. The minimum absolute atomic E-state index is 0.115. The minimum atomic E-state index is 0.115. The number of nitrogens with zero attached hydrogens (tertiary/aromatic N) is 3. The first-order valence-corrected chi connectivity index (χ1v) is 8.01. The molecule has 3 aliphatic rings. The van der Waals surface area contributed by atoms with E-state index in [1.165, 1.54) is 25.9 Å². The molecule has 21 heavy (non-hydrogen) atoms. The molecule has 0 amide bonds. The van der Waals surface area contributed by atoms with Gasteiger partial charge >= 0.3 is 0 Å². The molecule has 0 N–H and O–H groups in total. The highest BCUT2D eigenvalue weighted by Gasteiger charge is 2.35. The molecule has 112 valence electrons. The van der Waals surface area contributed by atoms with E-state index in [9.17, 15) is 4.79 Å². The van der Waals surface area contributed by atoms with Crippen LogP contribution in [0.2, 0.25) is 0 Å². The molecule has 3 fully saturated rings. The van der Waals surface area contributed by atoms with Crippen LogP contribution in [0.1, 0.15) is 32.7 Å². The maximum atomic E-state index is 12.6. The number of aromatic nitrogens is 2. The van der Waals surface area contributed by atoms with Crippen molar-refractivity contribution >= 4 is 10.9 Å². The van der Waals surface area contributed by atoms with Crippen LogP contribution >= 0.6 is 0 Å². The lowest BCUT2D eigenvalue weighted by Crippen LogP contribution is -2.50. The van der Waals surface area contributed by atoms with Crippen LogP contribution in [-0.2, 0) is 0 Å². The fourth-order valence-corrected chi connectivity index (χ4v) is 3.57. The van der Waals surface area contributed by atoms with E-state index in [0.717, 1.165) is 17.4 Å². The van der Waals surface area contributed by atoms with Gasteiger partial charge in [0.2, 0.25) is 0 Å². The Labute approximate surface area is 125 Å². The van der Waals surface area contributed by atoms with Gasteiger partial charge in [0.1, 0.15) is 0 Å². The quantitative estimate of drug-likeness (QED) is 0.808. The normalized spacial score (nSPS) is 27.2. The standard InChI is InChI=1S/C15H17N3O.C2H6/c19-15-12-3-1-2-4-13(12)16-10-18(15)14-9-17-7-5-11(14)6-8-17;1-2/h1-4,10-11,14H,5-9H2;1-2H3. The summed E-state index contributed by atoms with van der Waals surface area (Å²) >= 11 is 0. The van der Waals surface area contributed by atoms with Crippen molar-refractivity contribution in [3.63, 3.8) is 0 Å². The molecular formula is C17H23N3O. The van der Waals surface area contributed by atoms with Gasteiger partial charge in [0.05, 0.1) is 23.3 Å². The topological polar surface area (TPSA) is 38.1 Å². The Morgan fingerprint density at radius 2 is 1.86 bits per heavy atom. The second-order valence-electron chi connectivity index (χ2n) is 5.68. The molecule has 1 aromatic carbocycles. The Hall–Kier alpha value is -1.68. The molecule has 0 saturated carbocycles. The van der Waals surface area contributed by atoms with E-state index in [-0.39, 0.29) is 5.56 Å². The summed E-state index contributed by atoms with van der Waals surface area (Å²) in [5, 5.41) is 0.737. The summed E-state index contributed by atoms with van der Waals surface area (Å²) in [6, 6.07) is 7.92. The van der Waals surface area contributed by atoms with Crippen LogP contribution in [0.5, 0.6) is 0 Å². The number of hydrogen-bond donors (Lipinski definition) is 0. The number of hydrogen-bond acceptors (Lipinski definition) is 3. The molecule has 4 heterocycles. The van der Waals surface area contributed by atoms with Crippen LogP contribution in [0, 0.1) is 5.92 Å². The van der Waals surface area contributed by atoms with Gasteiger partial charge in [-0.25, -0.2) is 4.98 Å². The molecule has 3 saturated heterocycles. The van der Waals surface area contributed by atoms with Crippen LogP contribution in [0.25, 0.3) is 10.9 Å². The Bertz CT molecular complexity index is 671. The highest BCUT2D eigenvalue weighted by Crippen LogP contribution is 2.34. The third kappa shape index (κ3) is 2.48. The third-order valence-corrected chi connectivity index (χ3v) is 4.67. The molecule has 2 aromatic rings. The summed E-state index contributed by atoms with van der Waals surface area (Å²) in [6.45, 7) is 7.39. The maximum Gasteiger partial charge on any atom is 0.261 e. The van der Waals surface area contributed by atoms with Gasteiger partial charge in [-0.3, -0.25) is 9.36 Å². The number of fused-ring (bicyclic) bond motifs is 4. The highest BCUT2D eigenvalue weighted by atomic mass is 16.1. The summed E-state index contributed by atoms with van der Waals surface area (Å²) in [4.78, 5) is 19.5. The van der Waals surface area contributed by atoms with Crippen molar-refractivity contribution in [2.45, 2.75) is 32.7 Å². The van der Waals surface area contributed by atoms with Gasteiger partial charge < -0.3 is 4.90 Å². The predicted octanol–water partition coefficient (Wildman–Crippen LogP) is 2.69. The molecule has 4 nitrogen and oxygen atoms in total. The summed E-state index contributed by atoms with van der Waals surface area (Å²) in [7, 11) is 0. The maximum absolute atomic E-state index is 12.6. The lowest BCUT2D eigenvalue weighted by atomic mass is 9.84. The molecule has 1 atom stereocenters. The van der Waals surface area contributed by atoms with Gasteiger partial charge in [-0.1, -0.05) is 26.0 Å². The average molecular weight is 285 g/mol. The monoisotopic (exact) mass is 285 g/mol. The third-order valence-electron chi connectivity index (χ3n) is 4.67. The first-order chi connectivity index (χ1) is 10.3. The van der Waals surface area contributed by atoms with Gasteiger partial charge in [0, 0.05) is 6.54 Å². The summed E-state index contributed by atoms with van der Waals surface area (Å²) < 4.78 is 1.87. The van der Waals surface area contributed by atoms with E-state index in [4.69, 9.17) is 0 Å². The molecule has 0 radical (unpaired) electrons. The van der Waals surface area contributed by atoms with E-state index in [2.05, 4.69) is 9.88 Å². The molecule has 5 rings (SSSR count). The molecule has 1 aromatic heterocycles. The summed E-state index contributed by atoms with van der Waals surface area (Å²) in [6.07, 6.45) is 4.17. The second-order valence-corrected chi connectivity index (χ2v) is 5.68. The van der Waals surface area contributed by atoms with E-state index >= 15 is 0 Å². The van der Waals surface area contributed by atoms with Gasteiger partial charge in [-0.2, -0.15) is 0 Å². The van der Waals surface area contributed by atoms with Crippen molar-refractivity contribution in [2.75, 3.05) is 19.6 Å². The Balaban J connectivity index is 0.000000636. The fraction of sp³-hybridized carbons (Fsp3) is 0.529. The summed E-state index contributed by atoms with van der Waals surface area (Å²) in [5.74, 6) is 0.644. The van der Waals surface area contributed by atoms with Crippen LogP contribution in [0.15, 0.2) is 35.4 Å². The van der Waals surface area contributed by atoms with Crippen molar-refractivity contribution in [1.29, 1.82) is 0 Å². The van der Waals surface area contributed by atoms with Gasteiger partial charge in [-0.05, 0) is 44.0 Å². The first-order valence-electron chi connectivity index (χ1n) is 8.01. The zero-order valence-corrected chi connectivity index (χ0v) is 12.8. The Morgan fingerprint density at radius 1 is 1.14 bits per heavy atom. The highest BCUT2D eigenvalue weighted by molar-refractivity contribution is 5.76. The van der Waals surface area contributed by atoms with Crippen molar-refractivity contribution in [3.05, 3.63) is 40.9 Å². The molecule has 0 spiro atoms. The smallest absolute Gasteiger partial charge is 0.261 e. The average Bonchev–Trinajstić information content (AvgIpc) is 2.58. The molecule has 3 aliphatic heterocycles. The lowest BCUT2D eigenvalue weighted by molar-refractivity contribution is 0.0552. The van der Waals surface area contributed by atoms with Gasteiger partial charge in [0.25, 0.3) is 5.56 Å². The van der Waals surface area contributed by atoms with Crippen molar-refractivity contribution in [1.82, 2.24) is 14.5 Å². The van der Waals surface area contributed by atoms with E-state index in [0.29, 0.717) is 12.0 Å². The van der Waals surface area contributed by atoms with E-state index in [1.807, 2.05) is 42.7 Å². The van der Waals surface area contributed by atoms with Crippen LogP contribution < -0.4 is 5.56 Å². The number of benzene rings is 1. The molecule has 2 bridgehead atoms. The number of rotatable bonds is 1. The first kappa shape index (κ1) is 14.3. The zero-order valence-electron chi connectivity index (χ0n) is 12.8. The van der Waals surface area contributed by atoms with Crippen LogP contribution in [-0.4, -0.2) is 34.1 Å². The molecule has 4 heteroatoms. The van der Waals surface area contributed by atoms with Crippen molar-refractivity contribution < 1.29 is 0 Å². The minimum Gasteiger partial charge on any atom is -0.301 e. The predicted molar refractivity (Wildman–Crippen MR) is 85.6 cm³/mol. The largest absolute Gasteiger partial charge is 0.301 e. The Morgan fingerprint density at radius 3 is 2.52 bits per heavy atom. The van der Waals surface area contributed by atoms with Crippen molar-refractivity contribution in [3.8, 4) is 0 Å². The number of piperidine rings is 3. The fourth-order valence-electron chi connectivity index (χ4n) is 3.57. The van der Waals surface area contributed by atoms with Gasteiger partial charge in [-0.15, -0.1) is 0 Å².